The number of amides is 1. The zero-order valence-corrected chi connectivity index (χ0v) is 11.1. The summed E-state index contributed by atoms with van der Waals surface area (Å²) in [5.41, 5.74) is 5.43. The molecule has 18 heavy (non-hydrogen) atoms. The number of aliphatic carboxylic acids is 1. The van der Waals surface area contributed by atoms with Crippen LogP contribution in [0.25, 0.3) is 0 Å². The van der Waals surface area contributed by atoms with Crippen molar-refractivity contribution in [2.75, 3.05) is 6.54 Å². The minimum Gasteiger partial charge on any atom is -0.481 e. The Morgan fingerprint density at radius 2 is 2.17 bits per heavy atom. The maximum Gasteiger partial charge on any atom is 0.303 e. The number of carboxylic acids is 1. The molecule has 1 aliphatic rings. The largest absolute Gasteiger partial charge is 0.481 e. The lowest BCUT2D eigenvalue weighted by Crippen LogP contribution is -2.56. The van der Waals surface area contributed by atoms with Gasteiger partial charge in [0.05, 0.1) is 5.54 Å². The van der Waals surface area contributed by atoms with E-state index < -0.39 is 11.5 Å². The van der Waals surface area contributed by atoms with Gasteiger partial charge in [0, 0.05) is 13.0 Å². The summed E-state index contributed by atoms with van der Waals surface area (Å²) in [5, 5.41) is 11.3. The number of rotatable bonds is 6. The van der Waals surface area contributed by atoms with Crippen LogP contribution < -0.4 is 11.1 Å². The molecule has 5 nitrogen and oxygen atoms in total. The highest BCUT2D eigenvalue weighted by Gasteiger charge is 2.37. The molecule has 0 heterocycles. The van der Waals surface area contributed by atoms with E-state index in [1.807, 2.05) is 0 Å². The van der Waals surface area contributed by atoms with E-state index in [-0.39, 0.29) is 12.3 Å². The second kappa shape index (κ2) is 6.73. The number of unbranched alkanes of at least 4 members (excludes halogenated alkanes) is 1. The second-order valence-corrected chi connectivity index (χ2v) is 5.46. The highest BCUT2D eigenvalue weighted by atomic mass is 16.4. The topological polar surface area (TPSA) is 92.4 Å². The molecule has 2 atom stereocenters. The summed E-state index contributed by atoms with van der Waals surface area (Å²) in [7, 11) is 0. The summed E-state index contributed by atoms with van der Waals surface area (Å²) in [6.45, 7) is 2.64. The standard InChI is InChI=1S/C13H24N2O3/c1-10-5-4-7-13(14,9-10)12(18)15-8-3-2-6-11(16)17/h10H,2-9,14H2,1H3,(H,15,18)(H,16,17). The number of hydrogen-bond acceptors (Lipinski definition) is 3. The molecule has 0 spiro atoms. The highest BCUT2D eigenvalue weighted by Crippen LogP contribution is 2.30. The Labute approximate surface area is 108 Å². The molecule has 1 aliphatic carbocycles. The number of carbonyl (C=O) groups is 2. The lowest BCUT2D eigenvalue weighted by atomic mass is 9.76. The first-order valence-corrected chi connectivity index (χ1v) is 6.73. The minimum atomic E-state index is -0.794. The third-order valence-electron chi connectivity index (χ3n) is 3.59. The van der Waals surface area contributed by atoms with Crippen LogP contribution in [0.4, 0.5) is 0 Å². The molecule has 0 saturated heterocycles. The van der Waals surface area contributed by atoms with E-state index in [2.05, 4.69) is 12.2 Å². The Morgan fingerprint density at radius 3 is 2.78 bits per heavy atom. The van der Waals surface area contributed by atoms with Gasteiger partial charge in [0.25, 0.3) is 0 Å². The van der Waals surface area contributed by atoms with Crippen LogP contribution in [0.15, 0.2) is 0 Å². The van der Waals surface area contributed by atoms with Gasteiger partial charge >= 0.3 is 5.97 Å². The third kappa shape index (κ3) is 4.64. The monoisotopic (exact) mass is 256 g/mol. The fourth-order valence-electron chi connectivity index (χ4n) is 2.58. The molecule has 0 bridgehead atoms. The number of hydrogen-bond donors (Lipinski definition) is 3. The normalized spacial score (nSPS) is 27.8. The van der Waals surface area contributed by atoms with Crippen molar-refractivity contribution in [3.05, 3.63) is 0 Å². The minimum absolute atomic E-state index is 0.0793. The van der Waals surface area contributed by atoms with Crippen molar-refractivity contribution in [1.82, 2.24) is 5.32 Å². The van der Waals surface area contributed by atoms with E-state index in [9.17, 15) is 9.59 Å². The van der Waals surface area contributed by atoms with Crippen LogP contribution in [0, 0.1) is 5.92 Å². The van der Waals surface area contributed by atoms with Gasteiger partial charge in [-0.15, -0.1) is 0 Å². The first kappa shape index (κ1) is 15.0. The van der Waals surface area contributed by atoms with Crippen molar-refractivity contribution in [3.8, 4) is 0 Å². The molecule has 1 fully saturated rings. The molecule has 0 aromatic rings. The zero-order valence-electron chi connectivity index (χ0n) is 11.1. The van der Waals surface area contributed by atoms with Crippen molar-refractivity contribution in [2.45, 2.75) is 57.4 Å². The molecule has 1 amide bonds. The van der Waals surface area contributed by atoms with Gasteiger partial charge in [-0.3, -0.25) is 9.59 Å². The molecule has 2 unspecified atom stereocenters. The van der Waals surface area contributed by atoms with Crippen LogP contribution in [0.2, 0.25) is 0 Å². The predicted octanol–water partition coefficient (Wildman–Crippen LogP) is 1.27. The van der Waals surface area contributed by atoms with Gasteiger partial charge in [-0.1, -0.05) is 19.8 Å². The van der Waals surface area contributed by atoms with Crippen LogP contribution in [0.3, 0.4) is 0 Å². The van der Waals surface area contributed by atoms with E-state index in [0.717, 1.165) is 25.7 Å². The molecule has 4 N–H and O–H groups in total. The van der Waals surface area contributed by atoms with Gasteiger partial charge in [-0.05, 0) is 31.6 Å². The maximum atomic E-state index is 12.0. The van der Waals surface area contributed by atoms with Crippen LogP contribution in [-0.2, 0) is 9.59 Å². The quantitative estimate of drug-likeness (QED) is 0.624. The average molecular weight is 256 g/mol. The van der Waals surface area contributed by atoms with E-state index in [0.29, 0.717) is 25.3 Å². The third-order valence-corrected chi connectivity index (χ3v) is 3.59. The summed E-state index contributed by atoms with van der Waals surface area (Å²) in [6, 6.07) is 0. The van der Waals surface area contributed by atoms with E-state index in [1.165, 1.54) is 0 Å². The van der Waals surface area contributed by atoms with Gasteiger partial charge in [-0.25, -0.2) is 0 Å². The molecular weight excluding hydrogens is 232 g/mol. The van der Waals surface area contributed by atoms with Crippen LogP contribution in [0.1, 0.15) is 51.9 Å². The van der Waals surface area contributed by atoms with Crippen LogP contribution in [0.5, 0.6) is 0 Å². The number of nitrogens with two attached hydrogens (primary N) is 1. The second-order valence-electron chi connectivity index (χ2n) is 5.46. The fourth-order valence-corrected chi connectivity index (χ4v) is 2.58. The van der Waals surface area contributed by atoms with Gasteiger partial charge in [0.15, 0.2) is 0 Å². The van der Waals surface area contributed by atoms with E-state index >= 15 is 0 Å². The lowest BCUT2D eigenvalue weighted by Gasteiger charge is -2.35. The Bertz CT molecular complexity index is 307. The van der Waals surface area contributed by atoms with Gasteiger partial charge in [-0.2, -0.15) is 0 Å². The Balaban J connectivity index is 2.25. The average Bonchev–Trinajstić information content (AvgIpc) is 2.27. The summed E-state index contributed by atoms with van der Waals surface area (Å²) in [5.74, 6) is -0.372. The van der Waals surface area contributed by atoms with Gasteiger partial charge in [0.2, 0.25) is 5.91 Å². The molecular formula is C13H24N2O3. The summed E-state index contributed by atoms with van der Waals surface area (Å²) < 4.78 is 0. The molecule has 0 aromatic carbocycles. The van der Waals surface area contributed by atoms with E-state index in [1.54, 1.807) is 0 Å². The fraction of sp³-hybridized carbons (Fsp3) is 0.846. The van der Waals surface area contributed by atoms with E-state index in [4.69, 9.17) is 10.8 Å². The smallest absolute Gasteiger partial charge is 0.303 e. The van der Waals surface area contributed by atoms with Crippen molar-refractivity contribution in [3.63, 3.8) is 0 Å². The molecule has 0 aromatic heterocycles. The molecule has 0 aliphatic heterocycles. The Kier molecular flexibility index (Phi) is 5.59. The van der Waals surface area contributed by atoms with Crippen molar-refractivity contribution < 1.29 is 14.7 Å². The Morgan fingerprint density at radius 1 is 1.44 bits per heavy atom. The molecule has 5 heteroatoms. The SMILES string of the molecule is CC1CCCC(N)(C(=O)NCCCCC(=O)O)C1. The molecule has 1 saturated carbocycles. The molecule has 1 rings (SSSR count). The number of carbonyl (C=O) groups excluding carboxylic acids is 1. The highest BCUT2D eigenvalue weighted by molar-refractivity contribution is 5.86. The predicted molar refractivity (Wildman–Crippen MR) is 69.0 cm³/mol. The number of carboxylic acid groups (broad SMARTS) is 1. The summed E-state index contributed by atoms with van der Waals surface area (Å²) in [4.78, 5) is 22.3. The van der Waals surface area contributed by atoms with Crippen molar-refractivity contribution >= 4 is 11.9 Å². The first-order chi connectivity index (χ1) is 8.44. The van der Waals surface area contributed by atoms with Crippen LogP contribution >= 0.6 is 0 Å². The Hall–Kier alpha value is -1.10. The van der Waals surface area contributed by atoms with Gasteiger partial charge in [0.1, 0.15) is 0 Å². The maximum absolute atomic E-state index is 12.0. The lowest BCUT2D eigenvalue weighted by molar-refractivity contribution is -0.137. The molecule has 104 valence electrons. The number of nitrogens with one attached hydrogen (secondary N) is 1. The zero-order chi connectivity index (χ0) is 13.6. The van der Waals surface area contributed by atoms with Crippen molar-refractivity contribution in [2.24, 2.45) is 11.7 Å². The summed E-state index contributed by atoms with van der Waals surface area (Å²) >= 11 is 0. The first-order valence-electron chi connectivity index (χ1n) is 6.73. The van der Waals surface area contributed by atoms with Crippen LogP contribution in [-0.4, -0.2) is 29.1 Å². The van der Waals surface area contributed by atoms with Gasteiger partial charge < -0.3 is 16.2 Å². The molecule has 0 radical (unpaired) electrons. The van der Waals surface area contributed by atoms with Crippen molar-refractivity contribution in [1.29, 1.82) is 0 Å². The summed E-state index contributed by atoms with van der Waals surface area (Å²) in [6.07, 6.45) is 5.06.